The lowest BCUT2D eigenvalue weighted by Gasteiger charge is -2.26. The molecular weight excluding hydrogens is 550 g/mol. The summed E-state index contributed by atoms with van der Waals surface area (Å²) in [6, 6.07) is 14.7. The zero-order chi connectivity index (χ0) is 29.6. The molecule has 214 valence electrons. The molecule has 0 aliphatic heterocycles. The van der Waals surface area contributed by atoms with E-state index in [1.54, 1.807) is 68.2 Å². The third kappa shape index (κ3) is 7.70. The number of nitrogens with zero attached hydrogens (tertiary/aromatic N) is 7. The smallest absolute Gasteiger partial charge is 0.416 e. The van der Waals surface area contributed by atoms with Gasteiger partial charge in [-0.15, -0.1) is 0 Å². The number of carboxylic acids is 1. The van der Waals surface area contributed by atoms with Gasteiger partial charge < -0.3 is 9.84 Å². The molecule has 1 amide bonds. The number of aliphatic carboxylic acids is 1. The first kappa shape index (κ1) is 29.3. The predicted molar refractivity (Wildman–Crippen MR) is 147 cm³/mol. The Kier molecular flexibility index (Phi) is 8.74. The topological polar surface area (TPSA) is 161 Å². The Labute approximate surface area is 237 Å². The van der Waals surface area contributed by atoms with Crippen molar-refractivity contribution in [2.24, 2.45) is 0 Å². The van der Waals surface area contributed by atoms with Gasteiger partial charge in [-0.3, -0.25) is 14.7 Å². The van der Waals surface area contributed by atoms with Crippen molar-refractivity contribution in [1.29, 1.82) is 0 Å². The van der Waals surface area contributed by atoms with Crippen molar-refractivity contribution in [2.45, 2.75) is 44.4 Å². The lowest BCUT2D eigenvalue weighted by atomic mass is 10.2. The van der Waals surface area contributed by atoms with E-state index in [2.05, 4.69) is 20.1 Å². The highest BCUT2D eigenvalue weighted by Crippen LogP contribution is 2.23. The van der Waals surface area contributed by atoms with Gasteiger partial charge in [0.25, 0.3) is 0 Å². The molecule has 0 unspecified atom stereocenters. The number of rotatable bonds is 10. The van der Waals surface area contributed by atoms with Gasteiger partial charge in [0.05, 0.1) is 17.9 Å². The number of pyridine rings is 2. The number of anilines is 1. The summed E-state index contributed by atoms with van der Waals surface area (Å²) in [6.45, 7) is 4.10. The first-order valence-corrected chi connectivity index (χ1v) is 13.9. The van der Waals surface area contributed by atoms with Crippen LogP contribution in [0.2, 0.25) is 0 Å². The number of sulfonamides is 1. The lowest BCUT2D eigenvalue weighted by Crippen LogP contribution is -2.40. The fraction of sp³-hybridized carbons (Fsp3) is 0.259. The third-order valence-corrected chi connectivity index (χ3v) is 7.34. The van der Waals surface area contributed by atoms with Crippen LogP contribution in [0.3, 0.4) is 0 Å². The first-order chi connectivity index (χ1) is 19.4. The van der Waals surface area contributed by atoms with Gasteiger partial charge in [0.15, 0.2) is 0 Å². The van der Waals surface area contributed by atoms with Crippen LogP contribution in [0, 0.1) is 0 Å². The molecule has 14 heteroatoms. The van der Waals surface area contributed by atoms with Crippen LogP contribution in [0.15, 0.2) is 84.5 Å². The third-order valence-electron chi connectivity index (χ3n) is 5.56. The Bertz CT molecular complexity index is 1590. The van der Waals surface area contributed by atoms with Crippen LogP contribution >= 0.6 is 0 Å². The van der Waals surface area contributed by atoms with Crippen LogP contribution in [0.1, 0.15) is 32.0 Å². The molecular formula is C27H29N7O6S. The van der Waals surface area contributed by atoms with Crippen molar-refractivity contribution in [3.05, 3.63) is 90.9 Å². The van der Waals surface area contributed by atoms with Crippen molar-refractivity contribution >= 4 is 27.9 Å². The number of hydrogen-bond acceptors (Lipinski definition) is 9. The quantitative estimate of drug-likeness (QED) is 0.295. The van der Waals surface area contributed by atoms with Gasteiger partial charge in [-0.25, -0.2) is 27.9 Å². The van der Waals surface area contributed by atoms with E-state index >= 15 is 0 Å². The van der Waals surface area contributed by atoms with Gasteiger partial charge in [-0.05, 0) is 62.7 Å². The largest absolute Gasteiger partial charge is 0.480 e. The summed E-state index contributed by atoms with van der Waals surface area (Å²) >= 11 is 0. The van der Waals surface area contributed by atoms with Gasteiger partial charge in [-0.1, -0.05) is 18.2 Å². The van der Waals surface area contributed by atoms with E-state index in [9.17, 15) is 23.1 Å². The van der Waals surface area contributed by atoms with E-state index < -0.39 is 34.2 Å². The van der Waals surface area contributed by atoms with Crippen molar-refractivity contribution in [3.8, 4) is 5.69 Å². The molecule has 0 fully saturated rings. The standard InChI is InChI=1S/C27H29N7O6S/c1-27(2,3)40-26(37)33(17-25(35)36)24-8-4-6-21(31-24)16-32(41(38,39)23-7-5-13-28-14-23)15-20-9-11-22(12-10-20)34-19-29-18-30-34/h4-14,18-19H,15-17H2,1-3H3,(H,35,36). The molecule has 41 heavy (non-hydrogen) atoms. The van der Waals surface area contributed by atoms with E-state index in [4.69, 9.17) is 4.74 Å². The molecule has 3 heterocycles. The van der Waals surface area contributed by atoms with Crippen molar-refractivity contribution in [3.63, 3.8) is 0 Å². The Morgan fingerprint density at radius 2 is 1.76 bits per heavy atom. The SMILES string of the molecule is CC(C)(C)OC(=O)N(CC(=O)O)c1cccc(CN(Cc2ccc(-n3cncn3)cc2)S(=O)(=O)c2cccnc2)n1. The Balaban J connectivity index is 1.66. The summed E-state index contributed by atoms with van der Waals surface area (Å²) in [6.07, 6.45) is 4.81. The molecule has 1 aromatic carbocycles. The van der Waals surface area contributed by atoms with E-state index in [1.807, 2.05) is 0 Å². The van der Waals surface area contributed by atoms with Crippen molar-refractivity contribution in [2.75, 3.05) is 11.4 Å². The molecule has 0 radical (unpaired) electrons. The molecule has 0 spiro atoms. The van der Waals surface area contributed by atoms with Crippen LogP contribution in [-0.2, 0) is 32.6 Å². The second-order valence-electron chi connectivity index (χ2n) is 9.92. The number of ether oxygens (including phenoxy) is 1. The molecule has 0 aliphatic carbocycles. The fourth-order valence-electron chi connectivity index (χ4n) is 3.75. The Hall–Kier alpha value is -4.69. The lowest BCUT2D eigenvalue weighted by molar-refractivity contribution is -0.135. The molecule has 4 aromatic rings. The molecule has 0 aliphatic rings. The molecule has 3 aromatic heterocycles. The molecule has 13 nitrogen and oxygen atoms in total. The first-order valence-electron chi connectivity index (χ1n) is 12.4. The minimum Gasteiger partial charge on any atom is -0.480 e. The van der Waals surface area contributed by atoms with E-state index in [0.29, 0.717) is 5.56 Å². The van der Waals surface area contributed by atoms with Crippen LogP contribution in [-0.4, -0.2) is 66.8 Å². The maximum absolute atomic E-state index is 13.7. The number of aromatic nitrogens is 5. The average Bonchev–Trinajstić information content (AvgIpc) is 3.46. The zero-order valence-electron chi connectivity index (χ0n) is 22.7. The molecule has 0 saturated heterocycles. The molecule has 4 rings (SSSR count). The van der Waals surface area contributed by atoms with Crippen LogP contribution < -0.4 is 4.90 Å². The van der Waals surface area contributed by atoms with Gasteiger partial charge >= 0.3 is 12.1 Å². The fourth-order valence-corrected chi connectivity index (χ4v) is 5.12. The van der Waals surface area contributed by atoms with Crippen LogP contribution in [0.25, 0.3) is 5.69 Å². The maximum Gasteiger partial charge on any atom is 0.416 e. The number of carbonyl (C=O) groups excluding carboxylic acids is 1. The van der Waals surface area contributed by atoms with Crippen LogP contribution in [0.5, 0.6) is 0 Å². The summed E-state index contributed by atoms with van der Waals surface area (Å²) in [5.74, 6) is -1.26. The van der Waals surface area contributed by atoms with Crippen molar-refractivity contribution in [1.82, 2.24) is 29.0 Å². The molecule has 1 N–H and O–H groups in total. The van der Waals surface area contributed by atoms with Gasteiger partial charge in [0.1, 0.15) is 35.5 Å². The van der Waals surface area contributed by atoms with Gasteiger partial charge in [-0.2, -0.15) is 9.40 Å². The Morgan fingerprint density at radius 3 is 2.37 bits per heavy atom. The van der Waals surface area contributed by atoms with E-state index in [-0.39, 0.29) is 29.5 Å². The number of carboxylic acid groups (broad SMARTS) is 1. The van der Waals surface area contributed by atoms with Gasteiger partial charge in [0.2, 0.25) is 10.0 Å². The highest BCUT2D eigenvalue weighted by atomic mass is 32.2. The zero-order valence-corrected chi connectivity index (χ0v) is 23.5. The van der Waals surface area contributed by atoms with E-state index in [0.717, 1.165) is 10.6 Å². The summed E-state index contributed by atoms with van der Waals surface area (Å²) < 4.78 is 35.6. The molecule has 0 bridgehead atoms. The van der Waals surface area contributed by atoms with Gasteiger partial charge in [0, 0.05) is 18.9 Å². The van der Waals surface area contributed by atoms with E-state index in [1.165, 1.54) is 41.2 Å². The minimum absolute atomic E-state index is 0.00310. The number of hydrogen-bond donors (Lipinski definition) is 1. The summed E-state index contributed by atoms with van der Waals surface area (Å²) in [5.41, 5.74) is 0.860. The number of benzene rings is 1. The monoisotopic (exact) mass is 579 g/mol. The second kappa shape index (κ2) is 12.2. The minimum atomic E-state index is -4.04. The average molecular weight is 580 g/mol. The van der Waals surface area contributed by atoms with Crippen molar-refractivity contribution < 1.29 is 27.9 Å². The normalized spacial score (nSPS) is 11.8. The van der Waals surface area contributed by atoms with Crippen LogP contribution in [0.4, 0.5) is 10.6 Å². The second-order valence-corrected chi connectivity index (χ2v) is 11.9. The Morgan fingerprint density at radius 1 is 1.00 bits per heavy atom. The number of amides is 1. The molecule has 0 atom stereocenters. The predicted octanol–water partition coefficient (Wildman–Crippen LogP) is 3.27. The maximum atomic E-state index is 13.7. The number of carbonyl (C=O) groups is 2. The summed E-state index contributed by atoms with van der Waals surface area (Å²) in [7, 11) is -4.04. The highest BCUT2D eigenvalue weighted by Gasteiger charge is 2.28. The highest BCUT2D eigenvalue weighted by molar-refractivity contribution is 7.89. The summed E-state index contributed by atoms with van der Waals surface area (Å²) in [4.78, 5) is 37.5. The molecule has 0 saturated carbocycles. The summed E-state index contributed by atoms with van der Waals surface area (Å²) in [5, 5.41) is 13.5.